The number of anilines is 1. The molecule has 0 atom stereocenters. The van der Waals surface area contributed by atoms with Crippen LogP contribution in [0.1, 0.15) is 37.7 Å². The van der Waals surface area contributed by atoms with E-state index in [4.69, 9.17) is 5.73 Å². The number of benzene rings is 1. The molecular formula is C16H23N3O2. The lowest BCUT2D eigenvalue weighted by molar-refractivity contribution is -0.135. The van der Waals surface area contributed by atoms with Gasteiger partial charge in [-0.3, -0.25) is 9.59 Å². The quantitative estimate of drug-likeness (QED) is 0.888. The Labute approximate surface area is 125 Å². The van der Waals surface area contributed by atoms with Gasteiger partial charge in [0.2, 0.25) is 11.8 Å². The van der Waals surface area contributed by atoms with Crippen molar-refractivity contribution in [2.24, 2.45) is 5.73 Å². The third-order valence-electron chi connectivity index (χ3n) is 3.77. The van der Waals surface area contributed by atoms with E-state index in [9.17, 15) is 9.59 Å². The zero-order valence-corrected chi connectivity index (χ0v) is 12.3. The van der Waals surface area contributed by atoms with Crippen LogP contribution in [0.15, 0.2) is 24.3 Å². The Bertz CT molecular complexity index is 502. The molecule has 1 fully saturated rings. The van der Waals surface area contributed by atoms with Crippen LogP contribution in [0, 0.1) is 0 Å². The molecular weight excluding hydrogens is 266 g/mol. The summed E-state index contributed by atoms with van der Waals surface area (Å²) in [6.07, 6.45) is 4.68. The van der Waals surface area contributed by atoms with Crippen LogP contribution in [-0.2, 0) is 16.1 Å². The van der Waals surface area contributed by atoms with Crippen LogP contribution in [0.3, 0.4) is 0 Å². The van der Waals surface area contributed by atoms with E-state index in [1.165, 1.54) is 0 Å². The zero-order chi connectivity index (χ0) is 15.1. The van der Waals surface area contributed by atoms with Crippen molar-refractivity contribution in [2.45, 2.75) is 38.6 Å². The zero-order valence-electron chi connectivity index (χ0n) is 12.3. The van der Waals surface area contributed by atoms with E-state index in [0.717, 1.165) is 36.9 Å². The summed E-state index contributed by atoms with van der Waals surface area (Å²) in [6, 6.07) is 7.46. The number of hydrogen-bond donors (Lipinski definition) is 2. The van der Waals surface area contributed by atoms with E-state index in [2.05, 4.69) is 5.32 Å². The summed E-state index contributed by atoms with van der Waals surface area (Å²) in [5.41, 5.74) is 7.27. The number of amides is 2. The van der Waals surface area contributed by atoms with Crippen molar-refractivity contribution in [1.29, 1.82) is 0 Å². The van der Waals surface area contributed by atoms with E-state index in [1.54, 1.807) is 4.90 Å². The lowest BCUT2D eigenvalue weighted by Gasteiger charge is -2.24. The molecule has 114 valence electrons. The van der Waals surface area contributed by atoms with Crippen LogP contribution >= 0.6 is 0 Å². The number of carbonyl (C=O) groups is 2. The Hall–Kier alpha value is -1.88. The van der Waals surface area contributed by atoms with E-state index in [1.807, 2.05) is 24.3 Å². The lowest BCUT2D eigenvalue weighted by Crippen LogP contribution is -2.39. The highest BCUT2D eigenvalue weighted by Gasteiger charge is 2.18. The van der Waals surface area contributed by atoms with E-state index in [-0.39, 0.29) is 18.4 Å². The molecule has 0 unspecified atom stereocenters. The largest absolute Gasteiger partial charge is 0.333 e. The van der Waals surface area contributed by atoms with Gasteiger partial charge in [-0.15, -0.1) is 0 Å². The van der Waals surface area contributed by atoms with Crippen LogP contribution in [-0.4, -0.2) is 29.8 Å². The molecule has 1 aromatic carbocycles. The van der Waals surface area contributed by atoms with Crippen LogP contribution in [0.5, 0.6) is 0 Å². The first-order chi connectivity index (χ1) is 10.2. The third-order valence-corrected chi connectivity index (χ3v) is 3.77. The molecule has 1 aliphatic rings. The highest BCUT2D eigenvalue weighted by atomic mass is 16.2. The Balaban J connectivity index is 1.95. The van der Waals surface area contributed by atoms with Gasteiger partial charge >= 0.3 is 0 Å². The summed E-state index contributed by atoms with van der Waals surface area (Å²) >= 11 is 0. The maximum atomic E-state index is 12.1. The normalized spacial score (nSPS) is 16.2. The molecule has 2 amide bonds. The van der Waals surface area contributed by atoms with Crippen molar-refractivity contribution in [3.8, 4) is 0 Å². The van der Waals surface area contributed by atoms with Gasteiger partial charge in [0.1, 0.15) is 0 Å². The predicted octanol–water partition coefficient (Wildman–Crippen LogP) is 1.88. The first kappa shape index (κ1) is 15.5. The number of nitrogens with one attached hydrogen (secondary N) is 1. The Morgan fingerprint density at radius 3 is 2.76 bits per heavy atom. The van der Waals surface area contributed by atoms with Crippen LogP contribution in [0.25, 0.3) is 0 Å². The summed E-state index contributed by atoms with van der Waals surface area (Å²) in [6.45, 7) is 1.17. The molecule has 1 aromatic rings. The monoisotopic (exact) mass is 289 g/mol. The topological polar surface area (TPSA) is 75.4 Å². The van der Waals surface area contributed by atoms with Crippen molar-refractivity contribution in [1.82, 2.24) is 4.90 Å². The van der Waals surface area contributed by atoms with Crippen molar-refractivity contribution >= 4 is 17.5 Å². The number of nitrogens with two attached hydrogens (primary N) is 1. The third kappa shape index (κ3) is 4.56. The fourth-order valence-corrected chi connectivity index (χ4v) is 2.57. The Morgan fingerprint density at radius 1 is 1.19 bits per heavy atom. The van der Waals surface area contributed by atoms with Crippen LogP contribution in [0.4, 0.5) is 5.69 Å². The van der Waals surface area contributed by atoms with Crippen molar-refractivity contribution in [3.63, 3.8) is 0 Å². The minimum Gasteiger partial charge on any atom is -0.333 e. The van der Waals surface area contributed by atoms with Gasteiger partial charge in [0.15, 0.2) is 0 Å². The maximum absolute atomic E-state index is 12.1. The molecule has 5 nitrogen and oxygen atoms in total. The molecule has 0 radical (unpaired) electrons. The van der Waals surface area contributed by atoms with Gasteiger partial charge in [0, 0.05) is 25.2 Å². The van der Waals surface area contributed by atoms with Crippen molar-refractivity contribution in [3.05, 3.63) is 29.8 Å². The second-order valence-electron chi connectivity index (χ2n) is 5.39. The van der Waals surface area contributed by atoms with Crippen LogP contribution in [0.2, 0.25) is 0 Å². The molecule has 2 rings (SSSR count). The predicted molar refractivity (Wildman–Crippen MR) is 82.6 cm³/mol. The highest BCUT2D eigenvalue weighted by molar-refractivity contribution is 5.95. The van der Waals surface area contributed by atoms with Gasteiger partial charge in [0.05, 0.1) is 6.54 Å². The first-order valence-electron chi connectivity index (χ1n) is 7.56. The summed E-state index contributed by atoms with van der Waals surface area (Å²) < 4.78 is 0. The molecule has 21 heavy (non-hydrogen) atoms. The lowest BCUT2D eigenvalue weighted by atomic mass is 10.1. The second-order valence-corrected chi connectivity index (χ2v) is 5.39. The molecule has 0 saturated carbocycles. The van der Waals surface area contributed by atoms with E-state index in [0.29, 0.717) is 19.5 Å². The smallest absolute Gasteiger partial charge is 0.244 e. The number of rotatable bonds is 4. The fraction of sp³-hybridized carbons (Fsp3) is 0.500. The highest BCUT2D eigenvalue weighted by Crippen LogP contribution is 2.15. The number of nitrogens with zero attached hydrogens (tertiary/aromatic N) is 1. The molecule has 1 saturated heterocycles. The maximum Gasteiger partial charge on any atom is 0.244 e. The second kappa shape index (κ2) is 7.78. The number of para-hydroxylation sites is 1. The SMILES string of the molecule is NCc1ccccc1NC(=O)CN1CCCCCCC1=O. The molecule has 3 N–H and O–H groups in total. The van der Waals surface area contributed by atoms with Crippen LogP contribution < -0.4 is 11.1 Å². The number of hydrogen-bond acceptors (Lipinski definition) is 3. The molecule has 1 aliphatic heterocycles. The minimum atomic E-state index is -0.162. The van der Waals surface area contributed by atoms with E-state index < -0.39 is 0 Å². The van der Waals surface area contributed by atoms with Gasteiger partial charge in [-0.05, 0) is 24.5 Å². The van der Waals surface area contributed by atoms with Crippen molar-refractivity contribution < 1.29 is 9.59 Å². The summed E-state index contributed by atoms with van der Waals surface area (Å²) in [7, 11) is 0. The van der Waals surface area contributed by atoms with Crippen molar-refractivity contribution in [2.75, 3.05) is 18.4 Å². The van der Waals surface area contributed by atoms with E-state index >= 15 is 0 Å². The average molecular weight is 289 g/mol. The van der Waals surface area contributed by atoms with Gasteiger partial charge < -0.3 is 16.0 Å². The summed E-state index contributed by atoms with van der Waals surface area (Å²) in [4.78, 5) is 25.8. The summed E-state index contributed by atoms with van der Waals surface area (Å²) in [5, 5.41) is 2.85. The molecule has 5 heteroatoms. The average Bonchev–Trinajstić information content (AvgIpc) is 2.47. The van der Waals surface area contributed by atoms with Gasteiger partial charge in [-0.25, -0.2) is 0 Å². The first-order valence-corrected chi connectivity index (χ1v) is 7.56. The molecule has 1 heterocycles. The molecule has 0 aliphatic carbocycles. The molecule has 0 bridgehead atoms. The number of likely N-dealkylation sites (tertiary alicyclic amines) is 1. The molecule has 0 aromatic heterocycles. The number of carbonyl (C=O) groups excluding carboxylic acids is 2. The minimum absolute atomic E-state index is 0.0805. The molecule has 0 spiro atoms. The summed E-state index contributed by atoms with van der Waals surface area (Å²) in [5.74, 6) is -0.0817. The van der Waals surface area contributed by atoms with Gasteiger partial charge in [-0.2, -0.15) is 0 Å². The van der Waals surface area contributed by atoms with Gasteiger partial charge in [0.25, 0.3) is 0 Å². The Kier molecular flexibility index (Phi) is 5.75. The fourth-order valence-electron chi connectivity index (χ4n) is 2.57. The standard InChI is InChI=1S/C16H23N3O2/c17-11-13-7-4-5-8-14(13)18-15(20)12-19-10-6-2-1-3-9-16(19)21/h4-5,7-8H,1-3,6,9-12,17H2,(H,18,20). The Morgan fingerprint density at radius 2 is 1.95 bits per heavy atom. The van der Waals surface area contributed by atoms with Gasteiger partial charge in [-0.1, -0.05) is 31.0 Å².